The number of rotatable bonds is 8. The van der Waals surface area contributed by atoms with Gasteiger partial charge in [0.1, 0.15) is 5.75 Å². The molecule has 1 aromatic carbocycles. The van der Waals surface area contributed by atoms with Crippen molar-refractivity contribution in [1.82, 2.24) is 9.03 Å². The average Bonchev–Trinajstić information content (AvgIpc) is 2.44. The topological polar surface area (TPSA) is 84.7 Å². The Kier molecular flexibility index (Phi) is 6.41. The highest BCUT2D eigenvalue weighted by molar-refractivity contribution is 7.87. The molecule has 0 saturated heterocycles. The Labute approximate surface area is 121 Å². The van der Waals surface area contributed by atoms with Crippen molar-refractivity contribution in [2.24, 2.45) is 5.73 Å². The van der Waals surface area contributed by atoms with Crippen molar-refractivity contribution >= 4 is 10.2 Å². The first-order chi connectivity index (χ1) is 9.42. The fourth-order valence-electron chi connectivity index (χ4n) is 1.71. The van der Waals surface area contributed by atoms with E-state index in [1.807, 2.05) is 31.2 Å². The zero-order valence-electron chi connectivity index (χ0n) is 12.2. The lowest BCUT2D eigenvalue weighted by atomic mass is 10.2. The molecular formula is C13H23N3O3S. The normalized spacial score (nSPS) is 13.4. The molecule has 114 valence electrons. The van der Waals surface area contributed by atoms with E-state index in [9.17, 15) is 8.42 Å². The van der Waals surface area contributed by atoms with Crippen LogP contribution in [0.3, 0.4) is 0 Å². The molecule has 0 radical (unpaired) electrons. The number of hydrogen-bond donors (Lipinski definition) is 2. The van der Waals surface area contributed by atoms with Crippen LogP contribution < -0.4 is 15.2 Å². The number of methoxy groups -OCH3 is 1. The molecule has 0 bridgehead atoms. The van der Waals surface area contributed by atoms with E-state index in [0.717, 1.165) is 5.56 Å². The highest BCUT2D eigenvalue weighted by atomic mass is 32.2. The molecule has 20 heavy (non-hydrogen) atoms. The van der Waals surface area contributed by atoms with Crippen LogP contribution in [0.5, 0.6) is 5.75 Å². The molecule has 3 N–H and O–H groups in total. The van der Waals surface area contributed by atoms with Gasteiger partial charge in [-0.25, -0.2) is 0 Å². The van der Waals surface area contributed by atoms with Crippen LogP contribution in [0.1, 0.15) is 18.9 Å². The third-order valence-corrected chi connectivity index (χ3v) is 4.62. The van der Waals surface area contributed by atoms with Gasteiger partial charge < -0.3 is 10.5 Å². The van der Waals surface area contributed by atoms with Gasteiger partial charge in [-0.1, -0.05) is 19.1 Å². The summed E-state index contributed by atoms with van der Waals surface area (Å²) in [6.07, 6.45) is 0.655. The molecule has 0 aliphatic rings. The fraction of sp³-hybridized carbons (Fsp3) is 0.538. The summed E-state index contributed by atoms with van der Waals surface area (Å²) < 4.78 is 33.3. The quantitative estimate of drug-likeness (QED) is 0.740. The number of hydrogen-bond acceptors (Lipinski definition) is 4. The predicted molar refractivity (Wildman–Crippen MR) is 79.6 cm³/mol. The second kappa shape index (κ2) is 7.58. The van der Waals surface area contributed by atoms with E-state index in [-0.39, 0.29) is 19.1 Å². The van der Waals surface area contributed by atoms with E-state index in [4.69, 9.17) is 10.5 Å². The molecule has 6 nitrogen and oxygen atoms in total. The Morgan fingerprint density at radius 1 is 1.45 bits per heavy atom. The Morgan fingerprint density at radius 3 is 2.70 bits per heavy atom. The third kappa shape index (κ3) is 4.75. The molecule has 0 fully saturated rings. The van der Waals surface area contributed by atoms with E-state index in [2.05, 4.69) is 4.72 Å². The average molecular weight is 301 g/mol. The van der Waals surface area contributed by atoms with Crippen molar-refractivity contribution in [1.29, 1.82) is 0 Å². The van der Waals surface area contributed by atoms with Gasteiger partial charge in [-0.15, -0.1) is 0 Å². The molecule has 0 heterocycles. The summed E-state index contributed by atoms with van der Waals surface area (Å²) in [6, 6.07) is 7.07. The molecule has 0 aliphatic heterocycles. The minimum atomic E-state index is -3.54. The smallest absolute Gasteiger partial charge is 0.279 e. The first kappa shape index (κ1) is 16.9. The molecule has 0 spiro atoms. The van der Waals surface area contributed by atoms with Gasteiger partial charge in [0.05, 0.1) is 7.11 Å². The van der Waals surface area contributed by atoms with Crippen molar-refractivity contribution in [2.45, 2.75) is 25.9 Å². The van der Waals surface area contributed by atoms with E-state index in [1.165, 1.54) is 11.4 Å². The van der Waals surface area contributed by atoms with Gasteiger partial charge in [-0.2, -0.15) is 17.4 Å². The highest BCUT2D eigenvalue weighted by Gasteiger charge is 2.21. The molecule has 0 saturated carbocycles. The zero-order chi connectivity index (χ0) is 15.2. The van der Waals surface area contributed by atoms with Crippen molar-refractivity contribution in [3.63, 3.8) is 0 Å². The van der Waals surface area contributed by atoms with Crippen molar-refractivity contribution in [3.8, 4) is 5.75 Å². The zero-order valence-corrected chi connectivity index (χ0v) is 13.0. The summed E-state index contributed by atoms with van der Waals surface area (Å²) in [4.78, 5) is 0. The second-order valence-electron chi connectivity index (χ2n) is 4.57. The van der Waals surface area contributed by atoms with Crippen LogP contribution in [0.25, 0.3) is 0 Å². The van der Waals surface area contributed by atoms with Crippen LogP contribution in [-0.2, 0) is 16.8 Å². The highest BCUT2D eigenvalue weighted by Crippen LogP contribution is 2.14. The minimum Gasteiger partial charge on any atom is -0.497 e. The molecular weight excluding hydrogens is 278 g/mol. The number of nitrogens with zero attached hydrogens (tertiary/aromatic N) is 1. The lowest BCUT2D eigenvalue weighted by molar-refractivity contribution is 0.411. The van der Waals surface area contributed by atoms with Gasteiger partial charge >= 0.3 is 0 Å². The van der Waals surface area contributed by atoms with E-state index >= 15 is 0 Å². The molecule has 0 amide bonds. The fourth-order valence-corrected chi connectivity index (χ4v) is 2.89. The van der Waals surface area contributed by atoms with E-state index in [0.29, 0.717) is 12.2 Å². The van der Waals surface area contributed by atoms with Gasteiger partial charge in [0.25, 0.3) is 10.2 Å². The van der Waals surface area contributed by atoms with Crippen molar-refractivity contribution in [3.05, 3.63) is 29.8 Å². The molecule has 0 aliphatic carbocycles. The Hall–Kier alpha value is -1.15. The lowest BCUT2D eigenvalue weighted by Crippen LogP contribution is -2.46. The van der Waals surface area contributed by atoms with Gasteiger partial charge in [0.2, 0.25) is 0 Å². The van der Waals surface area contributed by atoms with Crippen molar-refractivity contribution < 1.29 is 13.2 Å². The lowest BCUT2D eigenvalue weighted by Gasteiger charge is -2.22. The molecule has 1 unspecified atom stereocenters. The van der Waals surface area contributed by atoms with Gasteiger partial charge in [0.15, 0.2) is 0 Å². The van der Waals surface area contributed by atoms with Gasteiger partial charge in [0, 0.05) is 26.2 Å². The van der Waals surface area contributed by atoms with Gasteiger partial charge in [-0.3, -0.25) is 0 Å². The number of ether oxygens (including phenoxy) is 1. The standard InChI is InChI=1S/C13H23N3O3S/c1-4-12(9-14)15-20(17,18)16(2)10-11-6-5-7-13(8-11)19-3/h5-8,12,15H,4,9-10,14H2,1-3H3. The summed E-state index contributed by atoms with van der Waals surface area (Å²) in [6.45, 7) is 2.44. The summed E-state index contributed by atoms with van der Waals surface area (Å²) in [7, 11) is -0.429. The monoisotopic (exact) mass is 301 g/mol. The summed E-state index contributed by atoms with van der Waals surface area (Å²) in [5.41, 5.74) is 6.38. The number of nitrogens with two attached hydrogens (primary N) is 1. The maximum atomic E-state index is 12.1. The second-order valence-corrected chi connectivity index (χ2v) is 6.38. The summed E-state index contributed by atoms with van der Waals surface area (Å²) in [5, 5.41) is 0. The summed E-state index contributed by atoms with van der Waals surface area (Å²) in [5.74, 6) is 0.703. The van der Waals surface area contributed by atoms with Crippen LogP contribution in [0.2, 0.25) is 0 Å². The van der Waals surface area contributed by atoms with Crippen LogP contribution in [0, 0.1) is 0 Å². The molecule has 0 aromatic heterocycles. The van der Waals surface area contributed by atoms with Crippen LogP contribution >= 0.6 is 0 Å². The summed E-state index contributed by atoms with van der Waals surface area (Å²) >= 11 is 0. The molecule has 1 rings (SSSR count). The molecule has 1 aromatic rings. The van der Waals surface area contributed by atoms with Crippen LogP contribution in [-0.4, -0.2) is 39.5 Å². The number of nitrogens with one attached hydrogen (secondary N) is 1. The van der Waals surface area contributed by atoms with Crippen LogP contribution in [0.4, 0.5) is 0 Å². The van der Waals surface area contributed by atoms with Crippen LogP contribution in [0.15, 0.2) is 24.3 Å². The first-order valence-corrected chi connectivity index (χ1v) is 7.93. The molecule has 1 atom stereocenters. The maximum absolute atomic E-state index is 12.1. The predicted octanol–water partition coefficient (Wildman–Crippen LogP) is 0.699. The van der Waals surface area contributed by atoms with Gasteiger partial charge in [-0.05, 0) is 24.1 Å². The number of benzene rings is 1. The third-order valence-electron chi connectivity index (χ3n) is 3.04. The minimum absolute atomic E-state index is 0.243. The molecule has 7 heteroatoms. The SMILES string of the molecule is CCC(CN)NS(=O)(=O)N(C)Cc1cccc(OC)c1. The maximum Gasteiger partial charge on any atom is 0.279 e. The van der Waals surface area contributed by atoms with Crippen molar-refractivity contribution in [2.75, 3.05) is 20.7 Å². The first-order valence-electron chi connectivity index (χ1n) is 6.49. The van der Waals surface area contributed by atoms with E-state index in [1.54, 1.807) is 7.11 Å². The Morgan fingerprint density at radius 2 is 2.15 bits per heavy atom. The largest absolute Gasteiger partial charge is 0.497 e. The Balaban J connectivity index is 2.75. The van der Waals surface area contributed by atoms with E-state index < -0.39 is 10.2 Å². The Bertz CT molecular complexity index is 515.